The van der Waals surface area contributed by atoms with Crippen molar-refractivity contribution in [3.8, 4) is 0 Å². The van der Waals surface area contributed by atoms with Gasteiger partial charge in [-0.3, -0.25) is 0 Å². The fourth-order valence-electron chi connectivity index (χ4n) is 3.36. The Kier molecular flexibility index (Phi) is 8.41. The summed E-state index contributed by atoms with van der Waals surface area (Å²) in [6, 6.07) is 9.04. The summed E-state index contributed by atoms with van der Waals surface area (Å²) in [5, 5.41) is 12.6. The standard InChI is InChI=1S/C24H25O8P/c1-15-13-33(14-16(15)2,17-10-8-7-9-11-17)21(24(28)32-6)20(23(27)31-5)18(22(26)30-4)12-19(25)29-3/h7-11,13-14H,1-6H3/b21-20-. The minimum Gasteiger partial charge on any atom is -0.611 e. The van der Waals surface area contributed by atoms with E-state index in [-0.39, 0.29) is 5.31 Å². The zero-order valence-electron chi connectivity index (χ0n) is 19.3. The molecule has 1 aromatic carbocycles. The van der Waals surface area contributed by atoms with Crippen LogP contribution in [0, 0.1) is 0 Å². The van der Waals surface area contributed by atoms with E-state index in [4.69, 9.17) is 14.2 Å². The van der Waals surface area contributed by atoms with E-state index in [9.17, 15) is 19.5 Å². The van der Waals surface area contributed by atoms with Crippen LogP contribution in [0.15, 0.2) is 81.2 Å². The van der Waals surface area contributed by atoms with Crippen molar-refractivity contribution in [2.75, 3.05) is 28.4 Å². The number of esters is 3. The van der Waals surface area contributed by atoms with Gasteiger partial charge in [-0.1, -0.05) is 23.9 Å². The van der Waals surface area contributed by atoms with Crippen LogP contribution < -0.4 is 10.4 Å². The zero-order valence-corrected chi connectivity index (χ0v) is 20.1. The van der Waals surface area contributed by atoms with Gasteiger partial charge < -0.3 is 24.1 Å². The van der Waals surface area contributed by atoms with Crippen LogP contribution >= 0.6 is 7.26 Å². The predicted octanol–water partition coefficient (Wildman–Crippen LogP) is 2.30. The van der Waals surface area contributed by atoms with E-state index < -0.39 is 42.3 Å². The number of hydrogen-bond donors (Lipinski definition) is 0. The number of allylic oxidation sites excluding steroid dienone is 2. The fourth-order valence-corrected chi connectivity index (χ4v) is 7.51. The van der Waals surface area contributed by atoms with Gasteiger partial charge >= 0.3 is 17.9 Å². The lowest BCUT2D eigenvalue weighted by molar-refractivity contribution is -0.352. The lowest BCUT2D eigenvalue weighted by atomic mass is 10.1. The van der Waals surface area contributed by atoms with Crippen molar-refractivity contribution in [1.82, 2.24) is 0 Å². The first-order valence-electron chi connectivity index (χ1n) is 9.72. The summed E-state index contributed by atoms with van der Waals surface area (Å²) in [6.45, 7) is 3.75. The van der Waals surface area contributed by atoms with E-state index in [0.29, 0.717) is 0 Å². The molecule has 0 bridgehead atoms. The minimum atomic E-state index is -2.91. The lowest BCUT2D eigenvalue weighted by Gasteiger charge is -2.22. The summed E-state index contributed by atoms with van der Waals surface area (Å²) in [5.41, 5.74) is 2.89. The second-order valence-corrected chi connectivity index (χ2v) is 9.96. The number of carbonyl (C=O) groups excluding carboxylic acids is 3. The van der Waals surface area contributed by atoms with E-state index in [0.717, 1.165) is 44.9 Å². The first kappa shape index (κ1) is 25.7. The van der Waals surface area contributed by atoms with Crippen molar-refractivity contribution in [2.45, 2.75) is 13.8 Å². The fraction of sp³-hybridized carbons (Fsp3) is 0.250. The van der Waals surface area contributed by atoms with Crippen LogP contribution in [-0.2, 0) is 33.3 Å². The topological polar surface area (TPSA) is 111 Å². The van der Waals surface area contributed by atoms with Crippen molar-refractivity contribution >= 4 is 30.5 Å². The third-order valence-electron chi connectivity index (χ3n) is 5.03. The molecule has 0 saturated heterocycles. The third kappa shape index (κ3) is 5.08. The Bertz CT molecular complexity index is 1100. The Morgan fingerprint density at radius 2 is 1.30 bits per heavy atom. The van der Waals surface area contributed by atoms with E-state index in [1.54, 1.807) is 12.1 Å². The largest absolute Gasteiger partial charge is 0.611 e. The number of benzene rings is 1. The molecule has 0 amide bonds. The normalized spacial score (nSPS) is 14.6. The second kappa shape index (κ2) is 10.8. The Labute approximate surface area is 192 Å². The SMILES string of the molecule is COC(=O)C(=C=C([O-])OC)/C(C(=O)OC)=C(\C(=O)OC)[P+]1(c2ccccc2)C=C(C)C(C)=C1. The average Bonchev–Trinajstić information content (AvgIpc) is 3.14. The number of methoxy groups -OCH3 is 4. The van der Waals surface area contributed by atoms with Gasteiger partial charge in [-0.2, -0.15) is 0 Å². The Morgan fingerprint density at radius 3 is 1.76 bits per heavy atom. The summed E-state index contributed by atoms with van der Waals surface area (Å²) in [5.74, 6) is -0.242. The maximum Gasteiger partial charge on any atom is 0.375 e. The molecule has 0 atom stereocenters. The molecule has 0 N–H and O–H groups in total. The van der Waals surface area contributed by atoms with Crippen molar-refractivity contribution in [3.05, 3.63) is 81.2 Å². The zero-order chi connectivity index (χ0) is 24.8. The van der Waals surface area contributed by atoms with Crippen molar-refractivity contribution in [2.24, 2.45) is 0 Å². The van der Waals surface area contributed by atoms with Crippen LogP contribution in [0.5, 0.6) is 0 Å². The quantitative estimate of drug-likeness (QED) is 0.113. The summed E-state index contributed by atoms with van der Waals surface area (Å²) in [7, 11) is 1.49. The molecule has 0 radical (unpaired) electrons. The van der Waals surface area contributed by atoms with Gasteiger partial charge in [-0.25, -0.2) is 14.4 Å². The summed E-state index contributed by atoms with van der Waals surface area (Å²) >= 11 is 0. The van der Waals surface area contributed by atoms with Gasteiger partial charge in [0.2, 0.25) is 5.31 Å². The maximum atomic E-state index is 13.3. The van der Waals surface area contributed by atoms with Gasteiger partial charge in [0.15, 0.2) is 0 Å². The molecule has 174 valence electrons. The average molecular weight is 472 g/mol. The molecule has 1 aliphatic rings. The van der Waals surface area contributed by atoms with Crippen molar-refractivity contribution in [3.63, 3.8) is 0 Å². The van der Waals surface area contributed by atoms with Crippen LogP contribution in [-0.4, -0.2) is 46.3 Å². The van der Waals surface area contributed by atoms with Crippen molar-refractivity contribution in [1.29, 1.82) is 0 Å². The monoisotopic (exact) mass is 472 g/mol. The molecule has 8 nitrogen and oxygen atoms in total. The number of carbonyl (C=O) groups is 3. The highest BCUT2D eigenvalue weighted by atomic mass is 31.2. The van der Waals surface area contributed by atoms with Crippen LogP contribution in [0.3, 0.4) is 0 Å². The molecule has 9 heteroatoms. The van der Waals surface area contributed by atoms with Gasteiger partial charge in [-0.15, -0.1) is 0 Å². The van der Waals surface area contributed by atoms with E-state index >= 15 is 0 Å². The molecule has 0 unspecified atom stereocenters. The molecule has 0 spiro atoms. The van der Waals surface area contributed by atoms with Gasteiger partial charge in [0.05, 0.1) is 38.9 Å². The van der Waals surface area contributed by atoms with Crippen molar-refractivity contribution < 1.29 is 38.4 Å². The van der Waals surface area contributed by atoms with E-state index in [1.165, 1.54) is 0 Å². The molecule has 0 aromatic heterocycles. The van der Waals surface area contributed by atoms with Crippen LogP contribution in [0.2, 0.25) is 0 Å². The van der Waals surface area contributed by atoms with Gasteiger partial charge in [0.25, 0.3) is 0 Å². The summed E-state index contributed by atoms with van der Waals surface area (Å²) < 4.78 is 19.4. The predicted molar refractivity (Wildman–Crippen MR) is 121 cm³/mol. The lowest BCUT2D eigenvalue weighted by Crippen LogP contribution is -2.24. The molecule has 2 rings (SSSR count). The van der Waals surface area contributed by atoms with Crippen LogP contribution in [0.4, 0.5) is 0 Å². The number of rotatable bonds is 7. The highest BCUT2D eigenvalue weighted by molar-refractivity contribution is 7.93. The molecule has 1 aliphatic heterocycles. The summed E-state index contributed by atoms with van der Waals surface area (Å²) in [6.07, 6.45) is 0. The minimum absolute atomic E-state index is 0.129. The van der Waals surface area contributed by atoms with Crippen LogP contribution in [0.25, 0.3) is 0 Å². The van der Waals surface area contributed by atoms with E-state index in [2.05, 4.69) is 10.5 Å². The van der Waals surface area contributed by atoms with Gasteiger partial charge in [0.1, 0.15) is 23.7 Å². The molecular formula is C24H25O8P. The maximum absolute atomic E-state index is 13.3. The Morgan fingerprint density at radius 1 is 0.788 bits per heavy atom. The van der Waals surface area contributed by atoms with Gasteiger partial charge in [-0.05, 0) is 44.2 Å². The highest BCUT2D eigenvalue weighted by Gasteiger charge is 2.53. The Balaban J connectivity index is 3.20. The third-order valence-corrected chi connectivity index (χ3v) is 8.92. The van der Waals surface area contributed by atoms with Crippen LogP contribution in [0.1, 0.15) is 13.8 Å². The Hall–Kier alpha value is -3.60. The van der Waals surface area contributed by atoms with Gasteiger partial charge in [0, 0.05) is 0 Å². The molecular weight excluding hydrogens is 447 g/mol. The summed E-state index contributed by atoms with van der Waals surface area (Å²) in [4.78, 5) is 39.0. The number of hydrogen-bond acceptors (Lipinski definition) is 8. The molecule has 0 saturated carbocycles. The molecule has 0 aliphatic carbocycles. The molecule has 33 heavy (non-hydrogen) atoms. The first-order chi connectivity index (χ1) is 15.7. The second-order valence-electron chi connectivity index (χ2n) is 6.93. The smallest absolute Gasteiger partial charge is 0.375 e. The highest BCUT2D eigenvalue weighted by Crippen LogP contribution is 2.73. The molecule has 1 heterocycles. The number of ether oxygens (including phenoxy) is 4. The first-order valence-corrected chi connectivity index (χ1v) is 11.6. The molecule has 1 aromatic rings. The van der Waals surface area contributed by atoms with E-state index in [1.807, 2.05) is 43.7 Å². The molecule has 0 fully saturated rings.